The number of nitrogens with one attached hydrogen (secondary N) is 2. The van der Waals surface area contributed by atoms with Gasteiger partial charge < -0.3 is 16.4 Å². The molecule has 0 heterocycles. The van der Waals surface area contributed by atoms with Gasteiger partial charge in [0.25, 0.3) is 0 Å². The van der Waals surface area contributed by atoms with Gasteiger partial charge in [0.05, 0.1) is 0 Å². The molecular weight excluding hydrogens is 476 g/mol. The van der Waals surface area contributed by atoms with Gasteiger partial charge >= 0.3 is 0 Å². The fourth-order valence-corrected chi connectivity index (χ4v) is 3.33. The summed E-state index contributed by atoms with van der Waals surface area (Å²) in [5, 5.41) is 5.09. The first-order valence-electron chi connectivity index (χ1n) is 8.61. The zero-order chi connectivity index (χ0) is 20.7. The molecule has 0 bridgehead atoms. The van der Waals surface area contributed by atoms with Crippen molar-refractivity contribution in [1.29, 1.82) is 0 Å². The van der Waals surface area contributed by atoms with Crippen molar-refractivity contribution in [2.45, 2.75) is 31.8 Å². The molecule has 4 N–H and O–H groups in total. The van der Waals surface area contributed by atoms with Gasteiger partial charge in [-0.15, -0.1) is 0 Å². The first kappa shape index (κ1) is 21.8. The molecule has 28 heavy (non-hydrogen) atoms. The Bertz CT molecular complexity index is 875. The number of hydrogen-bond donors (Lipinski definition) is 3. The summed E-state index contributed by atoms with van der Waals surface area (Å²) in [5.74, 6) is -2.21. The number of primary amides is 1. The maximum Gasteiger partial charge on any atom is 0.243 e. The first-order valence-corrected chi connectivity index (χ1v) is 9.69. The normalized spacial score (nSPS) is 12.7. The molecule has 148 valence electrons. The van der Waals surface area contributed by atoms with E-state index in [-0.39, 0.29) is 18.4 Å². The summed E-state index contributed by atoms with van der Waals surface area (Å²) in [7, 11) is 0. The highest BCUT2D eigenvalue weighted by atomic mass is 127. The summed E-state index contributed by atoms with van der Waals surface area (Å²) in [4.78, 5) is 36.1. The Morgan fingerprint density at radius 2 is 1.54 bits per heavy atom. The molecule has 2 atom stereocenters. The minimum absolute atomic E-state index is 0.0492. The molecule has 8 heteroatoms. The Labute approximate surface area is 176 Å². The van der Waals surface area contributed by atoms with Gasteiger partial charge in [0.15, 0.2) is 0 Å². The second kappa shape index (κ2) is 10.2. The first-order chi connectivity index (χ1) is 13.3. The van der Waals surface area contributed by atoms with Crippen LogP contribution in [0.15, 0.2) is 48.5 Å². The van der Waals surface area contributed by atoms with E-state index in [2.05, 4.69) is 33.2 Å². The van der Waals surface area contributed by atoms with Crippen molar-refractivity contribution < 1.29 is 18.8 Å². The predicted molar refractivity (Wildman–Crippen MR) is 112 cm³/mol. The topological polar surface area (TPSA) is 101 Å². The maximum atomic E-state index is 14.0. The van der Waals surface area contributed by atoms with Crippen LogP contribution in [0.5, 0.6) is 0 Å². The van der Waals surface area contributed by atoms with E-state index in [0.29, 0.717) is 0 Å². The SMILES string of the molecule is CC(=O)N[C@@H](Cc1ccccc1F)C(=O)N[C@H](Cc1ccccc1I)C(N)=O. The molecule has 0 aliphatic rings. The fourth-order valence-electron chi connectivity index (χ4n) is 2.72. The molecule has 3 amide bonds. The van der Waals surface area contributed by atoms with Gasteiger partial charge in [-0.1, -0.05) is 36.4 Å². The number of amides is 3. The summed E-state index contributed by atoms with van der Waals surface area (Å²) >= 11 is 2.14. The van der Waals surface area contributed by atoms with E-state index in [0.717, 1.165) is 9.13 Å². The van der Waals surface area contributed by atoms with E-state index < -0.39 is 35.6 Å². The number of rotatable bonds is 8. The van der Waals surface area contributed by atoms with Gasteiger partial charge in [-0.05, 0) is 45.9 Å². The number of carbonyl (C=O) groups is 3. The molecule has 0 aliphatic carbocycles. The Kier molecular flexibility index (Phi) is 7.91. The van der Waals surface area contributed by atoms with E-state index in [1.165, 1.54) is 25.1 Å². The minimum atomic E-state index is -1.04. The summed E-state index contributed by atoms with van der Waals surface area (Å²) < 4.78 is 14.9. The lowest BCUT2D eigenvalue weighted by atomic mass is 10.0. The van der Waals surface area contributed by atoms with Crippen molar-refractivity contribution in [3.05, 3.63) is 69.0 Å². The molecule has 0 radical (unpaired) electrons. The van der Waals surface area contributed by atoms with Crippen molar-refractivity contribution in [2.75, 3.05) is 0 Å². The van der Waals surface area contributed by atoms with Crippen molar-refractivity contribution in [3.8, 4) is 0 Å². The van der Waals surface area contributed by atoms with Gasteiger partial charge in [-0.25, -0.2) is 4.39 Å². The van der Waals surface area contributed by atoms with Gasteiger partial charge in [0, 0.05) is 23.3 Å². The molecule has 6 nitrogen and oxygen atoms in total. The van der Waals surface area contributed by atoms with Crippen LogP contribution in [0, 0.1) is 9.39 Å². The number of nitrogens with two attached hydrogens (primary N) is 1. The second-order valence-corrected chi connectivity index (χ2v) is 7.47. The average molecular weight is 497 g/mol. The number of benzene rings is 2. The molecule has 0 fully saturated rings. The second-order valence-electron chi connectivity index (χ2n) is 6.31. The Morgan fingerprint density at radius 3 is 2.11 bits per heavy atom. The Hall–Kier alpha value is -2.49. The van der Waals surface area contributed by atoms with Crippen molar-refractivity contribution >= 4 is 40.3 Å². The highest BCUT2D eigenvalue weighted by molar-refractivity contribution is 14.1. The summed E-state index contributed by atoms with van der Waals surface area (Å²) in [6, 6.07) is 11.4. The highest BCUT2D eigenvalue weighted by Gasteiger charge is 2.26. The van der Waals surface area contributed by atoms with Crippen LogP contribution in [-0.4, -0.2) is 29.8 Å². The molecule has 0 aromatic heterocycles. The smallest absolute Gasteiger partial charge is 0.243 e. The van der Waals surface area contributed by atoms with Gasteiger partial charge in [0.1, 0.15) is 17.9 Å². The minimum Gasteiger partial charge on any atom is -0.368 e. The van der Waals surface area contributed by atoms with Crippen molar-refractivity contribution in [3.63, 3.8) is 0 Å². The molecule has 0 aliphatic heterocycles. The lowest BCUT2D eigenvalue weighted by Crippen LogP contribution is -2.54. The van der Waals surface area contributed by atoms with Crippen LogP contribution in [0.2, 0.25) is 0 Å². The van der Waals surface area contributed by atoms with Gasteiger partial charge in [-0.3, -0.25) is 14.4 Å². The zero-order valence-corrected chi connectivity index (χ0v) is 17.4. The van der Waals surface area contributed by atoms with Crippen LogP contribution in [0.25, 0.3) is 0 Å². The lowest BCUT2D eigenvalue weighted by molar-refractivity contribution is -0.130. The summed E-state index contributed by atoms with van der Waals surface area (Å²) in [6.07, 6.45) is 0.166. The third-order valence-corrected chi connectivity index (χ3v) is 5.17. The summed E-state index contributed by atoms with van der Waals surface area (Å²) in [5.41, 5.74) is 6.60. The van der Waals surface area contributed by atoms with E-state index in [9.17, 15) is 18.8 Å². The van der Waals surface area contributed by atoms with Crippen LogP contribution in [0.4, 0.5) is 4.39 Å². The Morgan fingerprint density at radius 1 is 0.964 bits per heavy atom. The van der Waals surface area contributed by atoms with Gasteiger partial charge in [-0.2, -0.15) is 0 Å². The molecule has 0 spiro atoms. The monoisotopic (exact) mass is 497 g/mol. The van der Waals surface area contributed by atoms with Crippen LogP contribution < -0.4 is 16.4 Å². The van der Waals surface area contributed by atoms with E-state index in [1.54, 1.807) is 6.07 Å². The molecular formula is C20H21FIN3O3. The zero-order valence-electron chi connectivity index (χ0n) is 15.2. The van der Waals surface area contributed by atoms with Crippen molar-refractivity contribution in [1.82, 2.24) is 10.6 Å². The molecule has 2 aromatic rings. The standard InChI is InChI=1S/C20H21FIN3O3/c1-12(26)24-18(10-13-6-2-4-8-15(13)21)20(28)25-17(19(23)27)11-14-7-3-5-9-16(14)22/h2-9,17-18H,10-11H2,1H3,(H2,23,27)(H,24,26)(H,25,28)/t17-,18+/m1/s1. The number of carbonyl (C=O) groups excluding carboxylic acids is 3. The van der Waals surface area contributed by atoms with Crippen molar-refractivity contribution in [2.24, 2.45) is 5.73 Å². The van der Waals surface area contributed by atoms with E-state index in [1.807, 2.05) is 24.3 Å². The largest absolute Gasteiger partial charge is 0.368 e. The molecule has 0 saturated heterocycles. The van der Waals surface area contributed by atoms with Crippen LogP contribution in [-0.2, 0) is 27.2 Å². The van der Waals surface area contributed by atoms with E-state index in [4.69, 9.17) is 5.73 Å². The third kappa shape index (κ3) is 6.29. The lowest BCUT2D eigenvalue weighted by Gasteiger charge is -2.22. The third-order valence-electron chi connectivity index (χ3n) is 4.12. The van der Waals surface area contributed by atoms with E-state index >= 15 is 0 Å². The number of hydrogen-bond acceptors (Lipinski definition) is 3. The molecule has 0 unspecified atom stereocenters. The van der Waals surface area contributed by atoms with Gasteiger partial charge in [0.2, 0.25) is 17.7 Å². The van der Waals surface area contributed by atoms with Crippen LogP contribution >= 0.6 is 22.6 Å². The predicted octanol–water partition coefficient (Wildman–Crippen LogP) is 1.69. The van der Waals surface area contributed by atoms with Crippen LogP contribution in [0.3, 0.4) is 0 Å². The fraction of sp³-hybridized carbons (Fsp3) is 0.250. The number of halogens is 2. The highest BCUT2D eigenvalue weighted by Crippen LogP contribution is 2.14. The molecule has 2 aromatic carbocycles. The Balaban J connectivity index is 2.17. The quantitative estimate of drug-likeness (QED) is 0.484. The van der Waals surface area contributed by atoms with Crippen LogP contribution in [0.1, 0.15) is 18.1 Å². The maximum absolute atomic E-state index is 14.0. The average Bonchev–Trinajstić information content (AvgIpc) is 2.63. The molecule has 2 rings (SSSR count). The summed E-state index contributed by atoms with van der Waals surface area (Å²) in [6.45, 7) is 1.26. The molecule has 0 saturated carbocycles.